The van der Waals surface area contributed by atoms with E-state index in [4.69, 9.17) is 23.2 Å². The van der Waals surface area contributed by atoms with Crippen LogP contribution in [0.4, 0.5) is 4.79 Å². The fourth-order valence-corrected chi connectivity index (χ4v) is 4.36. The van der Waals surface area contributed by atoms with Crippen LogP contribution in [0.5, 0.6) is 0 Å². The molecule has 3 amide bonds. The van der Waals surface area contributed by atoms with Gasteiger partial charge in [-0.05, 0) is 48.8 Å². The molecule has 2 aliphatic rings. The highest BCUT2D eigenvalue weighted by Crippen LogP contribution is 2.38. The third kappa shape index (κ3) is 4.83. The predicted molar refractivity (Wildman–Crippen MR) is 104 cm³/mol. The summed E-state index contributed by atoms with van der Waals surface area (Å²) in [7, 11) is 0. The van der Waals surface area contributed by atoms with E-state index in [9.17, 15) is 9.59 Å². The molecular weight excluding hydrogens is 373 g/mol. The molecule has 0 aromatic heterocycles. The normalized spacial score (nSPS) is 19.2. The van der Waals surface area contributed by atoms with Gasteiger partial charge < -0.3 is 16.0 Å². The lowest BCUT2D eigenvalue weighted by Gasteiger charge is -2.16. The maximum Gasteiger partial charge on any atom is 0.315 e. The molecule has 1 saturated carbocycles. The van der Waals surface area contributed by atoms with E-state index in [-0.39, 0.29) is 18.0 Å². The van der Waals surface area contributed by atoms with Crippen molar-refractivity contribution in [2.75, 3.05) is 13.1 Å². The maximum absolute atomic E-state index is 12.1. The highest BCUT2D eigenvalue weighted by molar-refractivity contribution is 6.42. The minimum absolute atomic E-state index is 0.0586. The summed E-state index contributed by atoms with van der Waals surface area (Å²) >= 11 is 12.3. The Morgan fingerprint density at radius 2 is 1.77 bits per heavy atom. The molecule has 26 heavy (non-hydrogen) atoms. The number of carbonyl (C=O) groups excluding carboxylic acids is 2. The molecule has 7 heteroatoms. The van der Waals surface area contributed by atoms with Gasteiger partial charge in [0.15, 0.2) is 0 Å². The van der Waals surface area contributed by atoms with Gasteiger partial charge in [0.25, 0.3) is 0 Å². The molecule has 0 radical (unpaired) electrons. The minimum Gasteiger partial charge on any atom is -0.354 e. The maximum atomic E-state index is 12.1. The summed E-state index contributed by atoms with van der Waals surface area (Å²) in [5.41, 5.74) is 2.04. The van der Waals surface area contributed by atoms with Crippen molar-refractivity contribution in [2.45, 2.75) is 51.0 Å². The first kappa shape index (κ1) is 19.3. The van der Waals surface area contributed by atoms with Gasteiger partial charge in [-0.3, -0.25) is 4.79 Å². The zero-order valence-corrected chi connectivity index (χ0v) is 16.3. The van der Waals surface area contributed by atoms with E-state index in [0.29, 0.717) is 35.5 Å². The molecule has 0 heterocycles. The number of nitrogens with one attached hydrogen (secondary N) is 3. The van der Waals surface area contributed by atoms with Gasteiger partial charge in [0.2, 0.25) is 5.91 Å². The molecule has 0 spiro atoms. The van der Waals surface area contributed by atoms with Crippen molar-refractivity contribution in [3.8, 4) is 0 Å². The number of rotatable bonds is 6. The molecule has 1 aromatic carbocycles. The lowest BCUT2D eigenvalue weighted by molar-refractivity contribution is -0.121. The fraction of sp³-hybridized carbons (Fsp3) is 0.579. The molecule has 5 nitrogen and oxygen atoms in total. The van der Waals surface area contributed by atoms with Crippen LogP contribution in [0.15, 0.2) is 12.1 Å². The van der Waals surface area contributed by atoms with Gasteiger partial charge >= 0.3 is 6.03 Å². The van der Waals surface area contributed by atoms with Gasteiger partial charge in [-0.15, -0.1) is 0 Å². The molecule has 3 N–H and O–H groups in total. The molecule has 1 fully saturated rings. The van der Waals surface area contributed by atoms with E-state index >= 15 is 0 Å². The zero-order chi connectivity index (χ0) is 18.5. The molecule has 0 aliphatic heterocycles. The molecular formula is C19H25Cl2N3O2. The fourth-order valence-electron chi connectivity index (χ4n) is 3.92. The summed E-state index contributed by atoms with van der Waals surface area (Å²) in [5, 5.41) is 9.76. The molecule has 0 saturated heterocycles. The number of fused-ring (bicyclic) bond motifs is 1. The second-order valence-corrected chi connectivity index (χ2v) is 7.91. The quantitative estimate of drug-likeness (QED) is 0.635. The Morgan fingerprint density at radius 3 is 2.54 bits per heavy atom. The van der Waals surface area contributed by atoms with Crippen LogP contribution >= 0.6 is 23.2 Å². The molecule has 1 aromatic rings. The Labute approximate surface area is 164 Å². The summed E-state index contributed by atoms with van der Waals surface area (Å²) in [6.07, 6.45) is 7.01. The average Bonchev–Trinajstić information content (AvgIpc) is 3.25. The number of hydrogen-bond donors (Lipinski definition) is 3. The van der Waals surface area contributed by atoms with E-state index < -0.39 is 0 Å². The molecule has 3 rings (SSSR count). The van der Waals surface area contributed by atoms with Crippen LogP contribution in [0.25, 0.3) is 0 Å². The second-order valence-electron chi connectivity index (χ2n) is 7.13. The number of benzene rings is 1. The summed E-state index contributed by atoms with van der Waals surface area (Å²) < 4.78 is 0. The number of hydrogen-bond acceptors (Lipinski definition) is 2. The van der Waals surface area contributed by atoms with Gasteiger partial charge in [0.1, 0.15) is 0 Å². The summed E-state index contributed by atoms with van der Waals surface area (Å²) in [6, 6.07) is 3.39. The highest BCUT2D eigenvalue weighted by atomic mass is 35.5. The van der Waals surface area contributed by atoms with Gasteiger partial charge in [-0.25, -0.2) is 4.79 Å². The van der Waals surface area contributed by atoms with Gasteiger partial charge in [0, 0.05) is 19.5 Å². The first-order chi connectivity index (χ1) is 12.5. The van der Waals surface area contributed by atoms with Crippen LogP contribution in [-0.4, -0.2) is 25.0 Å². The molecule has 1 unspecified atom stereocenters. The zero-order valence-electron chi connectivity index (χ0n) is 14.7. The first-order valence-corrected chi connectivity index (χ1v) is 10.1. The molecule has 0 bridgehead atoms. The van der Waals surface area contributed by atoms with Crippen molar-refractivity contribution in [3.05, 3.63) is 33.3 Å². The monoisotopic (exact) mass is 397 g/mol. The van der Waals surface area contributed by atoms with Crippen molar-refractivity contribution < 1.29 is 9.59 Å². The number of halogens is 2. The Balaban J connectivity index is 1.36. The van der Waals surface area contributed by atoms with Crippen LogP contribution in [0.3, 0.4) is 0 Å². The number of carbonyl (C=O) groups is 2. The number of urea groups is 1. The van der Waals surface area contributed by atoms with Gasteiger partial charge in [-0.2, -0.15) is 0 Å². The lowest BCUT2D eigenvalue weighted by atomic mass is 10.0. The summed E-state index contributed by atoms with van der Waals surface area (Å²) in [6.45, 7) is 0.852. The van der Waals surface area contributed by atoms with Crippen molar-refractivity contribution in [1.29, 1.82) is 0 Å². The SMILES string of the molecule is O=C(CC1CCCC1)NCCNC(=O)NC1CCc2c1ccc(Cl)c2Cl. The Kier molecular flexibility index (Phi) is 6.65. The third-order valence-electron chi connectivity index (χ3n) is 5.28. The standard InChI is InChI=1S/C19H25Cl2N3O2/c20-15-7-5-13-14(18(15)21)6-8-16(13)24-19(26)23-10-9-22-17(25)11-12-3-1-2-4-12/h5,7,12,16H,1-4,6,8-11H2,(H,22,25)(H2,23,24,26). The average molecular weight is 398 g/mol. The highest BCUT2D eigenvalue weighted by Gasteiger charge is 2.26. The van der Waals surface area contributed by atoms with Gasteiger partial charge in [0.05, 0.1) is 16.1 Å². The lowest BCUT2D eigenvalue weighted by Crippen LogP contribution is -2.41. The predicted octanol–water partition coefficient (Wildman–Crippen LogP) is 3.98. The Morgan fingerprint density at radius 1 is 1.04 bits per heavy atom. The van der Waals surface area contributed by atoms with Crippen molar-refractivity contribution in [2.24, 2.45) is 5.92 Å². The van der Waals surface area contributed by atoms with E-state index in [1.807, 2.05) is 6.07 Å². The van der Waals surface area contributed by atoms with Crippen LogP contribution in [0.2, 0.25) is 10.0 Å². The first-order valence-electron chi connectivity index (χ1n) is 9.32. The van der Waals surface area contributed by atoms with E-state index in [2.05, 4.69) is 16.0 Å². The van der Waals surface area contributed by atoms with Crippen LogP contribution in [-0.2, 0) is 11.2 Å². The Hall–Kier alpha value is -1.46. The van der Waals surface area contributed by atoms with Crippen molar-refractivity contribution in [3.63, 3.8) is 0 Å². The van der Waals surface area contributed by atoms with E-state index in [1.54, 1.807) is 6.07 Å². The third-order valence-corrected chi connectivity index (χ3v) is 6.12. The topological polar surface area (TPSA) is 70.2 Å². The van der Waals surface area contributed by atoms with Crippen molar-refractivity contribution >= 4 is 35.1 Å². The largest absolute Gasteiger partial charge is 0.354 e. The molecule has 1 atom stereocenters. The van der Waals surface area contributed by atoms with E-state index in [0.717, 1.165) is 36.8 Å². The van der Waals surface area contributed by atoms with Crippen molar-refractivity contribution in [1.82, 2.24) is 16.0 Å². The molecule has 142 valence electrons. The number of amides is 3. The smallest absolute Gasteiger partial charge is 0.315 e. The van der Waals surface area contributed by atoms with Crippen LogP contribution in [0, 0.1) is 5.92 Å². The minimum atomic E-state index is -0.237. The summed E-state index contributed by atoms with van der Waals surface area (Å²) in [5.74, 6) is 0.615. The van der Waals surface area contributed by atoms with E-state index in [1.165, 1.54) is 12.8 Å². The van der Waals surface area contributed by atoms with Gasteiger partial charge in [-0.1, -0.05) is 42.1 Å². The molecule has 2 aliphatic carbocycles. The van der Waals surface area contributed by atoms with Crippen LogP contribution in [0.1, 0.15) is 55.7 Å². The summed E-state index contributed by atoms with van der Waals surface area (Å²) in [4.78, 5) is 23.9. The second kappa shape index (κ2) is 8.96. The van der Waals surface area contributed by atoms with Crippen LogP contribution < -0.4 is 16.0 Å². The Bertz CT molecular complexity index is 675.